The van der Waals surface area contributed by atoms with E-state index in [9.17, 15) is 10.2 Å². The Morgan fingerprint density at radius 1 is 0.621 bits per heavy atom. The van der Waals surface area contributed by atoms with Gasteiger partial charge < -0.3 is 14.9 Å². The third-order valence-corrected chi connectivity index (χ3v) is 7.48. The lowest BCUT2D eigenvalue weighted by Crippen LogP contribution is -2.61. The van der Waals surface area contributed by atoms with Crippen LogP contribution in [-0.2, 0) is 4.74 Å². The fourth-order valence-corrected chi connectivity index (χ4v) is 5.94. The van der Waals surface area contributed by atoms with Crippen molar-refractivity contribution < 1.29 is 14.9 Å². The van der Waals surface area contributed by atoms with Gasteiger partial charge in [0.05, 0.1) is 25.4 Å². The Morgan fingerprint density at radius 3 is 1.17 bits per heavy atom. The summed E-state index contributed by atoms with van der Waals surface area (Å²) in [7, 11) is 0. The molecule has 0 saturated carbocycles. The summed E-state index contributed by atoms with van der Waals surface area (Å²) in [5, 5.41) is 21.2. The number of nitrogens with zero attached hydrogens (tertiary/aromatic N) is 2. The Bertz CT molecular complexity index is 452. The number of ether oxygens (including phenoxy) is 1. The fourth-order valence-electron chi connectivity index (χ4n) is 5.94. The second-order valence-electron chi connectivity index (χ2n) is 12.0. The average molecular weight is 413 g/mol. The number of β-amino-alcohol motifs (C(OH)–C–C–N with tert-alkyl or cyclic N) is 2. The first-order valence-corrected chi connectivity index (χ1v) is 11.7. The maximum atomic E-state index is 10.6. The van der Waals surface area contributed by atoms with Crippen LogP contribution in [0.1, 0.15) is 93.9 Å². The molecule has 2 unspecified atom stereocenters. The van der Waals surface area contributed by atoms with Crippen molar-refractivity contribution in [3.05, 3.63) is 0 Å². The molecule has 5 nitrogen and oxygen atoms in total. The van der Waals surface area contributed by atoms with Gasteiger partial charge in [0.25, 0.3) is 0 Å². The van der Waals surface area contributed by atoms with Crippen LogP contribution in [0, 0.1) is 0 Å². The number of aliphatic hydroxyl groups is 2. The van der Waals surface area contributed by atoms with Crippen molar-refractivity contribution in [1.29, 1.82) is 0 Å². The van der Waals surface area contributed by atoms with E-state index in [0.29, 0.717) is 13.1 Å². The van der Waals surface area contributed by atoms with E-state index in [4.69, 9.17) is 4.74 Å². The van der Waals surface area contributed by atoms with Crippen LogP contribution in [0.3, 0.4) is 0 Å². The monoisotopic (exact) mass is 412 g/mol. The lowest BCUT2D eigenvalue weighted by molar-refractivity contribution is -0.0895. The summed E-state index contributed by atoms with van der Waals surface area (Å²) in [6.45, 7) is 19.9. The molecule has 0 aromatic heterocycles. The van der Waals surface area contributed by atoms with Crippen LogP contribution in [0.5, 0.6) is 0 Å². The van der Waals surface area contributed by atoms with Crippen LogP contribution in [-0.4, -0.2) is 80.7 Å². The van der Waals surface area contributed by atoms with Crippen LogP contribution in [0.2, 0.25) is 0 Å². The summed E-state index contributed by atoms with van der Waals surface area (Å²) in [6.07, 6.45) is 6.02. The first kappa shape index (κ1) is 25.1. The minimum atomic E-state index is -0.540. The van der Waals surface area contributed by atoms with Gasteiger partial charge in [0.15, 0.2) is 0 Å². The summed E-state index contributed by atoms with van der Waals surface area (Å²) in [6, 6.07) is 0. The second kappa shape index (κ2) is 9.12. The Morgan fingerprint density at radius 2 is 0.897 bits per heavy atom. The highest BCUT2D eigenvalue weighted by atomic mass is 16.5. The molecule has 29 heavy (non-hydrogen) atoms. The smallest absolute Gasteiger partial charge is 0.0900 e. The highest BCUT2D eigenvalue weighted by molar-refractivity contribution is 4.98. The molecular weight excluding hydrogens is 364 g/mol. The molecule has 2 saturated heterocycles. The number of piperidine rings is 2. The molecule has 2 rings (SSSR count). The molecule has 0 aliphatic carbocycles. The van der Waals surface area contributed by atoms with Crippen LogP contribution in [0.15, 0.2) is 0 Å². The number of aliphatic hydroxyl groups excluding tert-OH is 2. The molecule has 2 aliphatic heterocycles. The molecule has 0 amide bonds. The summed E-state index contributed by atoms with van der Waals surface area (Å²) in [4.78, 5) is 4.87. The molecule has 2 fully saturated rings. The zero-order valence-corrected chi connectivity index (χ0v) is 20.4. The number of hydrogen-bond donors (Lipinski definition) is 2. The molecule has 0 spiro atoms. The number of hydrogen-bond acceptors (Lipinski definition) is 5. The quantitative estimate of drug-likeness (QED) is 0.635. The van der Waals surface area contributed by atoms with Gasteiger partial charge >= 0.3 is 0 Å². The summed E-state index contributed by atoms with van der Waals surface area (Å²) < 4.78 is 5.76. The van der Waals surface area contributed by atoms with Crippen molar-refractivity contribution in [1.82, 2.24) is 9.80 Å². The van der Waals surface area contributed by atoms with Gasteiger partial charge in [-0.15, -0.1) is 0 Å². The van der Waals surface area contributed by atoms with E-state index >= 15 is 0 Å². The van der Waals surface area contributed by atoms with Crippen LogP contribution < -0.4 is 0 Å². The maximum Gasteiger partial charge on any atom is 0.0900 e. The molecule has 172 valence electrons. The van der Waals surface area contributed by atoms with E-state index in [0.717, 1.165) is 25.7 Å². The van der Waals surface area contributed by atoms with Crippen molar-refractivity contribution in [2.75, 3.05) is 26.3 Å². The molecule has 0 aromatic rings. The van der Waals surface area contributed by atoms with E-state index in [1.54, 1.807) is 0 Å². The van der Waals surface area contributed by atoms with Gasteiger partial charge in [-0.2, -0.15) is 0 Å². The first-order chi connectivity index (χ1) is 13.2. The van der Waals surface area contributed by atoms with E-state index in [-0.39, 0.29) is 35.4 Å². The normalized spacial score (nSPS) is 28.8. The summed E-state index contributed by atoms with van der Waals surface area (Å²) >= 11 is 0. The lowest BCUT2D eigenvalue weighted by atomic mass is 9.79. The Labute approximate surface area is 179 Å². The van der Waals surface area contributed by atoms with Crippen molar-refractivity contribution >= 4 is 0 Å². The molecule has 0 radical (unpaired) electrons. The molecule has 2 N–H and O–H groups in total. The predicted molar refractivity (Wildman–Crippen MR) is 120 cm³/mol. The fraction of sp³-hybridized carbons (Fsp3) is 1.00. The zero-order valence-electron chi connectivity index (χ0n) is 20.4. The van der Waals surface area contributed by atoms with Crippen LogP contribution >= 0.6 is 0 Å². The van der Waals surface area contributed by atoms with Crippen molar-refractivity contribution in [2.45, 2.75) is 128 Å². The molecule has 0 aromatic carbocycles. The van der Waals surface area contributed by atoms with Crippen molar-refractivity contribution in [3.63, 3.8) is 0 Å². The average Bonchev–Trinajstić information content (AvgIpc) is 2.54. The summed E-state index contributed by atoms with van der Waals surface area (Å²) in [5.41, 5.74) is 0.364. The minimum Gasteiger partial charge on any atom is -0.389 e. The van der Waals surface area contributed by atoms with Gasteiger partial charge in [-0.1, -0.05) is 0 Å². The lowest BCUT2D eigenvalue weighted by Gasteiger charge is -2.53. The Hall–Kier alpha value is -0.200. The molecular formula is C24H48N2O3. The second-order valence-corrected chi connectivity index (χ2v) is 12.0. The standard InChI is InChI=1S/C24H48N2O3/c1-21(2)11-9-12-22(3,4)25(21)15-19(27)17-29-18-20(28)16-26-23(5,6)13-10-14-24(26,7)8/h19-20,27-28H,9-18H2,1-8H3. The Balaban J connectivity index is 1.81. The van der Waals surface area contributed by atoms with Gasteiger partial charge in [0.2, 0.25) is 0 Å². The topological polar surface area (TPSA) is 56.2 Å². The van der Waals surface area contributed by atoms with Crippen LogP contribution in [0.25, 0.3) is 0 Å². The van der Waals surface area contributed by atoms with Crippen molar-refractivity contribution in [2.24, 2.45) is 0 Å². The largest absolute Gasteiger partial charge is 0.389 e. The molecule has 0 bridgehead atoms. The van der Waals surface area contributed by atoms with E-state index < -0.39 is 12.2 Å². The SMILES string of the molecule is CC1(C)CCCC(C)(C)N1CC(O)COCC(O)CN1C(C)(C)CCCC1(C)C. The predicted octanol–water partition coefficient (Wildman–Crippen LogP) is 3.81. The molecule has 2 aliphatic rings. The third kappa shape index (κ3) is 6.39. The van der Waals surface area contributed by atoms with Gasteiger partial charge in [0.1, 0.15) is 0 Å². The molecule has 5 heteroatoms. The van der Waals surface area contributed by atoms with Gasteiger partial charge in [-0.25, -0.2) is 0 Å². The first-order valence-electron chi connectivity index (χ1n) is 11.7. The Kier molecular flexibility index (Phi) is 7.88. The van der Waals surface area contributed by atoms with Crippen molar-refractivity contribution in [3.8, 4) is 0 Å². The molecule has 2 heterocycles. The maximum absolute atomic E-state index is 10.6. The molecule has 2 atom stereocenters. The number of rotatable bonds is 8. The highest BCUT2D eigenvalue weighted by Crippen LogP contribution is 2.39. The number of likely N-dealkylation sites (tertiary alicyclic amines) is 2. The van der Waals surface area contributed by atoms with Gasteiger partial charge in [0, 0.05) is 35.2 Å². The summed E-state index contributed by atoms with van der Waals surface area (Å²) in [5.74, 6) is 0. The van der Waals surface area contributed by atoms with Crippen LogP contribution in [0.4, 0.5) is 0 Å². The van der Waals surface area contributed by atoms with Gasteiger partial charge in [-0.3, -0.25) is 9.80 Å². The minimum absolute atomic E-state index is 0.0909. The third-order valence-electron chi connectivity index (χ3n) is 7.48. The van der Waals surface area contributed by atoms with Gasteiger partial charge in [-0.05, 0) is 93.9 Å². The van der Waals surface area contributed by atoms with E-state index in [2.05, 4.69) is 65.2 Å². The van der Waals surface area contributed by atoms with E-state index in [1.165, 1.54) is 12.8 Å². The highest BCUT2D eigenvalue weighted by Gasteiger charge is 2.43. The zero-order chi connectivity index (χ0) is 22.1. The van der Waals surface area contributed by atoms with E-state index in [1.807, 2.05) is 0 Å².